The minimum Gasteiger partial charge on any atom is -0.497 e. The Bertz CT molecular complexity index is 1350. The lowest BCUT2D eigenvalue weighted by molar-refractivity contribution is 0.414. The summed E-state index contributed by atoms with van der Waals surface area (Å²) >= 11 is 0. The van der Waals surface area contributed by atoms with Gasteiger partial charge in [-0.05, 0) is 36.8 Å². The van der Waals surface area contributed by atoms with Gasteiger partial charge in [0.2, 0.25) is 5.95 Å². The second-order valence-corrected chi connectivity index (χ2v) is 6.96. The third-order valence-electron chi connectivity index (χ3n) is 5.04. The topological polar surface area (TPSA) is 102 Å². The number of aromatic amines is 1. The first kappa shape index (κ1) is 18.0. The molecule has 0 unspecified atom stereocenters. The van der Waals surface area contributed by atoms with Crippen LogP contribution in [0.2, 0.25) is 0 Å². The van der Waals surface area contributed by atoms with Crippen LogP contribution in [0.4, 0.5) is 5.95 Å². The zero-order valence-corrected chi connectivity index (χ0v) is 16.5. The van der Waals surface area contributed by atoms with E-state index in [1.54, 1.807) is 13.3 Å². The number of nitrogens with zero attached hydrogens (tertiary/aromatic N) is 5. The molecule has 0 aliphatic rings. The molecule has 0 aliphatic carbocycles. The van der Waals surface area contributed by atoms with E-state index in [1.807, 2.05) is 48.7 Å². The van der Waals surface area contributed by atoms with Gasteiger partial charge < -0.3 is 10.1 Å². The van der Waals surface area contributed by atoms with Gasteiger partial charge >= 0.3 is 0 Å². The van der Waals surface area contributed by atoms with Crippen molar-refractivity contribution in [3.8, 4) is 17.0 Å². The van der Waals surface area contributed by atoms with E-state index < -0.39 is 0 Å². The first-order valence-electron chi connectivity index (χ1n) is 9.53. The van der Waals surface area contributed by atoms with Gasteiger partial charge in [-0.1, -0.05) is 18.2 Å². The Morgan fingerprint density at radius 3 is 2.87 bits per heavy atom. The molecule has 8 nitrogen and oxygen atoms in total. The quantitative estimate of drug-likeness (QED) is 0.459. The molecule has 5 aromatic rings. The standard InChI is InChI=1S/C22H19N7O/c1-13(14-4-3-5-17(9-14)30-2)27-22-23-10-16-8-15(6-7-19(16)28-22)20-18-11-26-29-21(18)25-12-24-20/h3-13H,1-2H3,(H,23,27,28)(H,24,25,26,29)/t13-/m1/s1. The first-order chi connectivity index (χ1) is 14.7. The summed E-state index contributed by atoms with van der Waals surface area (Å²) in [5.74, 6) is 1.40. The highest BCUT2D eigenvalue weighted by atomic mass is 16.5. The van der Waals surface area contributed by atoms with E-state index >= 15 is 0 Å². The highest BCUT2D eigenvalue weighted by Gasteiger charge is 2.11. The minimum absolute atomic E-state index is 0.0345. The van der Waals surface area contributed by atoms with Gasteiger partial charge in [-0.2, -0.15) is 5.10 Å². The molecular formula is C22H19N7O. The molecule has 0 saturated carbocycles. The maximum absolute atomic E-state index is 5.31. The molecule has 0 aliphatic heterocycles. The summed E-state index contributed by atoms with van der Waals surface area (Å²) in [6, 6.07) is 14.0. The Morgan fingerprint density at radius 1 is 1.03 bits per heavy atom. The van der Waals surface area contributed by atoms with Crippen LogP contribution in [0.5, 0.6) is 5.75 Å². The smallest absolute Gasteiger partial charge is 0.223 e. The molecular weight excluding hydrogens is 378 g/mol. The highest BCUT2D eigenvalue weighted by molar-refractivity contribution is 5.93. The predicted molar refractivity (Wildman–Crippen MR) is 115 cm³/mol. The average molecular weight is 397 g/mol. The SMILES string of the molecule is COc1cccc([C@@H](C)Nc2ncc3cc(-c4ncnc5[nH]ncc45)ccc3n2)c1. The number of benzene rings is 2. The first-order valence-corrected chi connectivity index (χ1v) is 9.53. The maximum Gasteiger partial charge on any atom is 0.223 e. The molecule has 0 bridgehead atoms. The van der Waals surface area contributed by atoms with Crippen LogP contribution >= 0.6 is 0 Å². The van der Waals surface area contributed by atoms with Crippen molar-refractivity contribution in [2.24, 2.45) is 0 Å². The molecule has 0 saturated heterocycles. The summed E-state index contributed by atoms with van der Waals surface area (Å²) in [6.45, 7) is 2.07. The van der Waals surface area contributed by atoms with Gasteiger partial charge in [-0.25, -0.2) is 19.9 Å². The van der Waals surface area contributed by atoms with Crippen LogP contribution in [0.1, 0.15) is 18.5 Å². The Labute approximate surface area is 172 Å². The average Bonchev–Trinajstić information content (AvgIpc) is 3.28. The fourth-order valence-corrected chi connectivity index (χ4v) is 3.43. The summed E-state index contributed by atoms with van der Waals surface area (Å²) in [7, 11) is 1.66. The number of ether oxygens (including phenoxy) is 1. The largest absolute Gasteiger partial charge is 0.497 e. The van der Waals surface area contributed by atoms with Crippen molar-refractivity contribution in [3.63, 3.8) is 0 Å². The lowest BCUT2D eigenvalue weighted by atomic mass is 10.1. The van der Waals surface area contributed by atoms with Gasteiger partial charge in [0.05, 0.1) is 35.9 Å². The molecule has 3 heterocycles. The van der Waals surface area contributed by atoms with Crippen LogP contribution in [-0.4, -0.2) is 37.2 Å². The minimum atomic E-state index is 0.0345. The molecule has 1 atom stereocenters. The monoisotopic (exact) mass is 397 g/mol. The molecule has 2 aromatic carbocycles. The molecule has 3 aromatic heterocycles. The number of methoxy groups -OCH3 is 1. The molecule has 0 radical (unpaired) electrons. The molecule has 2 N–H and O–H groups in total. The Morgan fingerprint density at radius 2 is 1.97 bits per heavy atom. The van der Waals surface area contributed by atoms with Crippen LogP contribution < -0.4 is 10.1 Å². The molecule has 30 heavy (non-hydrogen) atoms. The summed E-state index contributed by atoms with van der Waals surface area (Å²) in [4.78, 5) is 17.8. The fraction of sp³-hybridized carbons (Fsp3) is 0.136. The summed E-state index contributed by atoms with van der Waals surface area (Å²) in [6.07, 6.45) is 5.09. The Balaban J connectivity index is 1.44. The molecule has 0 amide bonds. The van der Waals surface area contributed by atoms with Gasteiger partial charge in [-0.15, -0.1) is 0 Å². The predicted octanol–water partition coefficient (Wildman–Crippen LogP) is 4.14. The molecule has 0 fully saturated rings. The number of rotatable bonds is 5. The van der Waals surface area contributed by atoms with Crippen molar-refractivity contribution < 1.29 is 4.74 Å². The van der Waals surface area contributed by atoms with Gasteiger partial charge in [0, 0.05) is 17.1 Å². The van der Waals surface area contributed by atoms with Crippen molar-refractivity contribution in [3.05, 3.63) is 66.7 Å². The summed E-state index contributed by atoms with van der Waals surface area (Å²) in [5, 5.41) is 12.1. The van der Waals surface area contributed by atoms with Gasteiger partial charge in [0.25, 0.3) is 0 Å². The van der Waals surface area contributed by atoms with Gasteiger partial charge in [0.15, 0.2) is 5.65 Å². The third-order valence-corrected chi connectivity index (χ3v) is 5.04. The number of hydrogen-bond acceptors (Lipinski definition) is 7. The summed E-state index contributed by atoms with van der Waals surface area (Å²) < 4.78 is 5.31. The number of aromatic nitrogens is 6. The second kappa shape index (κ2) is 7.40. The van der Waals surface area contributed by atoms with Crippen molar-refractivity contribution in [1.29, 1.82) is 0 Å². The van der Waals surface area contributed by atoms with Gasteiger partial charge in [0.1, 0.15) is 12.1 Å². The molecule has 8 heteroatoms. The van der Waals surface area contributed by atoms with Crippen LogP contribution in [0.15, 0.2) is 61.2 Å². The second-order valence-electron chi connectivity index (χ2n) is 6.96. The van der Waals surface area contributed by atoms with Crippen molar-refractivity contribution >= 4 is 27.9 Å². The van der Waals surface area contributed by atoms with E-state index in [-0.39, 0.29) is 6.04 Å². The number of fused-ring (bicyclic) bond motifs is 2. The lowest BCUT2D eigenvalue weighted by Gasteiger charge is -2.15. The maximum atomic E-state index is 5.31. The zero-order chi connectivity index (χ0) is 20.5. The van der Waals surface area contributed by atoms with E-state index in [9.17, 15) is 0 Å². The van der Waals surface area contributed by atoms with Crippen LogP contribution in [0.3, 0.4) is 0 Å². The van der Waals surface area contributed by atoms with Gasteiger partial charge in [-0.3, -0.25) is 5.10 Å². The van der Waals surface area contributed by atoms with E-state index in [1.165, 1.54) is 6.33 Å². The van der Waals surface area contributed by atoms with E-state index in [0.29, 0.717) is 11.6 Å². The molecule has 0 spiro atoms. The number of hydrogen-bond donors (Lipinski definition) is 2. The number of anilines is 1. The fourth-order valence-electron chi connectivity index (χ4n) is 3.43. The normalized spacial score (nSPS) is 12.2. The Hall–Kier alpha value is -4.07. The van der Waals surface area contributed by atoms with Crippen molar-refractivity contribution in [2.75, 3.05) is 12.4 Å². The summed E-state index contributed by atoms with van der Waals surface area (Å²) in [5.41, 5.74) is 4.45. The third kappa shape index (κ3) is 3.28. The lowest BCUT2D eigenvalue weighted by Crippen LogP contribution is -2.09. The number of H-pyrrole nitrogens is 1. The van der Waals surface area contributed by atoms with Crippen LogP contribution in [0, 0.1) is 0 Å². The van der Waals surface area contributed by atoms with E-state index in [2.05, 4.69) is 42.4 Å². The highest BCUT2D eigenvalue weighted by Crippen LogP contribution is 2.27. The zero-order valence-electron chi connectivity index (χ0n) is 16.5. The van der Waals surface area contributed by atoms with Crippen LogP contribution in [-0.2, 0) is 0 Å². The molecule has 5 rings (SSSR count). The van der Waals surface area contributed by atoms with E-state index in [4.69, 9.17) is 4.74 Å². The van der Waals surface area contributed by atoms with Crippen molar-refractivity contribution in [2.45, 2.75) is 13.0 Å². The van der Waals surface area contributed by atoms with E-state index in [0.717, 1.165) is 38.9 Å². The Kier molecular flexibility index (Phi) is 4.44. The van der Waals surface area contributed by atoms with Crippen molar-refractivity contribution in [1.82, 2.24) is 30.1 Å². The number of nitrogens with one attached hydrogen (secondary N) is 2. The molecule has 148 valence electrons. The van der Waals surface area contributed by atoms with Crippen LogP contribution in [0.25, 0.3) is 33.2 Å².